The Bertz CT molecular complexity index is 552. The standard InChI is InChI=1S/C14H19ClN2O2/c1-10(2)19-8-7-17-11-5-4-6-12(18-3)14(11)16-13(17)9-15/h4-6,10H,7-9H2,1-3H3. The first-order chi connectivity index (χ1) is 9.17. The average molecular weight is 283 g/mol. The molecule has 0 aliphatic heterocycles. The predicted octanol–water partition coefficient (Wildman–Crippen LogP) is 3.21. The molecule has 1 aromatic heterocycles. The van der Waals surface area contributed by atoms with Gasteiger partial charge >= 0.3 is 0 Å². The first kappa shape index (κ1) is 14.2. The van der Waals surface area contributed by atoms with Crippen LogP contribution in [0.5, 0.6) is 5.75 Å². The molecule has 5 heteroatoms. The van der Waals surface area contributed by atoms with Gasteiger partial charge in [0.1, 0.15) is 17.1 Å². The highest BCUT2D eigenvalue weighted by Gasteiger charge is 2.13. The second-order valence-electron chi connectivity index (χ2n) is 4.56. The summed E-state index contributed by atoms with van der Waals surface area (Å²) in [6.45, 7) is 5.43. The summed E-state index contributed by atoms with van der Waals surface area (Å²) in [6, 6.07) is 5.89. The zero-order valence-corrected chi connectivity index (χ0v) is 12.3. The Hall–Kier alpha value is -1.26. The van der Waals surface area contributed by atoms with Crippen molar-refractivity contribution in [3.8, 4) is 5.75 Å². The molecule has 0 amide bonds. The van der Waals surface area contributed by atoms with Gasteiger partial charge < -0.3 is 14.0 Å². The minimum atomic E-state index is 0.226. The number of fused-ring (bicyclic) bond motifs is 1. The van der Waals surface area contributed by atoms with Gasteiger partial charge in [0.2, 0.25) is 0 Å². The van der Waals surface area contributed by atoms with E-state index in [1.165, 1.54) is 0 Å². The molecule has 2 rings (SSSR count). The van der Waals surface area contributed by atoms with E-state index in [1.807, 2.05) is 32.0 Å². The number of hydrogen-bond acceptors (Lipinski definition) is 3. The topological polar surface area (TPSA) is 36.3 Å². The molecule has 104 valence electrons. The van der Waals surface area contributed by atoms with Gasteiger partial charge in [-0.2, -0.15) is 0 Å². The highest BCUT2D eigenvalue weighted by molar-refractivity contribution is 6.16. The number of para-hydroxylation sites is 1. The van der Waals surface area contributed by atoms with Crippen molar-refractivity contribution in [1.82, 2.24) is 9.55 Å². The Labute approximate surface area is 118 Å². The van der Waals surface area contributed by atoms with Crippen molar-refractivity contribution in [2.45, 2.75) is 32.4 Å². The Kier molecular flexibility index (Phi) is 4.66. The summed E-state index contributed by atoms with van der Waals surface area (Å²) in [7, 11) is 1.65. The van der Waals surface area contributed by atoms with Gasteiger partial charge in [-0.25, -0.2) is 4.98 Å². The largest absolute Gasteiger partial charge is 0.494 e. The molecule has 0 unspecified atom stereocenters. The lowest BCUT2D eigenvalue weighted by Gasteiger charge is -2.10. The normalized spacial score (nSPS) is 11.4. The molecular formula is C14H19ClN2O2. The molecular weight excluding hydrogens is 264 g/mol. The maximum atomic E-state index is 5.98. The number of hydrogen-bond donors (Lipinski definition) is 0. The third-order valence-corrected chi connectivity index (χ3v) is 3.17. The van der Waals surface area contributed by atoms with Crippen LogP contribution in [0.15, 0.2) is 18.2 Å². The van der Waals surface area contributed by atoms with Crippen LogP contribution in [0.4, 0.5) is 0 Å². The summed E-state index contributed by atoms with van der Waals surface area (Å²) < 4.78 is 13.0. The third-order valence-electron chi connectivity index (χ3n) is 2.93. The molecule has 0 saturated heterocycles. The SMILES string of the molecule is COc1cccc2c1nc(CCl)n2CCOC(C)C. The van der Waals surface area contributed by atoms with Crippen LogP contribution in [0, 0.1) is 0 Å². The number of nitrogens with zero attached hydrogens (tertiary/aromatic N) is 2. The van der Waals surface area contributed by atoms with E-state index in [4.69, 9.17) is 21.1 Å². The van der Waals surface area contributed by atoms with Crippen molar-refractivity contribution in [3.63, 3.8) is 0 Å². The van der Waals surface area contributed by atoms with Gasteiger partial charge in [-0.05, 0) is 26.0 Å². The second kappa shape index (κ2) is 6.26. The summed E-state index contributed by atoms with van der Waals surface area (Å²) in [5.74, 6) is 1.99. The third kappa shape index (κ3) is 3.01. The molecule has 1 aromatic carbocycles. The minimum Gasteiger partial charge on any atom is -0.494 e. The molecule has 0 fully saturated rings. The first-order valence-corrected chi connectivity index (χ1v) is 6.90. The summed E-state index contributed by atoms with van der Waals surface area (Å²) >= 11 is 5.98. The monoisotopic (exact) mass is 282 g/mol. The van der Waals surface area contributed by atoms with E-state index in [-0.39, 0.29) is 6.10 Å². The maximum Gasteiger partial charge on any atom is 0.146 e. The minimum absolute atomic E-state index is 0.226. The van der Waals surface area contributed by atoms with E-state index in [0.29, 0.717) is 12.5 Å². The van der Waals surface area contributed by atoms with Gasteiger partial charge in [-0.1, -0.05) is 6.07 Å². The van der Waals surface area contributed by atoms with Gasteiger partial charge in [-0.3, -0.25) is 0 Å². The lowest BCUT2D eigenvalue weighted by Crippen LogP contribution is -2.12. The number of methoxy groups -OCH3 is 1. The van der Waals surface area contributed by atoms with Crippen LogP contribution in [0.1, 0.15) is 19.7 Å². The summed E-state index contributed by atoms with van der Waals surface area (Å²) in [5.41, 5.74) is 1.88. The molecule has 0 aliphatic carbocycles. The molecule has 4 nitrogen and oxygen atoms in total. The van der Waals surface area contributed by atoms with Gasteiger partial charge in [0, 0.05) is 6.54 Å². The van der Waals surface area contributed by atoms with Gasteiger partial charge in [0.05, 0.1) is 31.2 Å². The molecule has 0 bridgehead atoms. The van der Waals surface area contributed by atoms with Crippen LogP contribution in [0.3, 0.4) is 0 Å². The fraction of sp³-hybridized carbons (Fsp3) is 0.500. The summed E-state index contributed by atoms with van der Waals surface area (Å²) in [6.07, 6.45) is 0.226. The molecule has 0 spiro atoms. The number of imidazole rings is 1. The number of aromatic nitrogens is 2. The van der Waals surface area contributed by atoms with E-state index in [1.54, 1.807) is 7.11 Å². The Balaban J connectivity index is 2.35. The van der Waals surface area contributed by atoms with Crippen molar-refractivity contribution < 1.29 is 9.47 Å². The highest BCUT2D eigenvalue weighted by Crippen LogP contribution is 2.26. The van der Waals surface area contributed by atoms with Gasteiger partial charge in [0.25, 0.3) is 0 Å². The van der Waals surface area contributed by atoms with Crippen LogP contribution in [-0.2, 0) is 17.2 Å². The van der Waals surface area contributed by atoms with Crippen LogP contribution in [0.25, 0.3) is 11.0 Å². The van der Waals surface area contributed by atoms with E-state index in [0.717, 1.165) is 29.2 Å². The lowest BCUT2D eigenvalue weighted by molar-refractivity contribution is 0.0729. The van der Waals surface area contributed by atoms with E-state index < -0.39 is 0 Å². The second-order valence-corrected chi connectivity index (χ2v) is 4.83. The molecule has 1 heterocycles. The Morgan fingerprint density at radius 2 is 2.16 bits per heavy atom. The molecule has 0 atom stereocenters. The van der Waals surface area contributed by atoms with Crippen LogP contribution in [0.2, 0.25) is 0 Å². The van der Waals surface area contributed by atoms with Crippen LogP contribution < -0.4 is 4.74 Å². The Morgan fingerprint density at radius 1 is 1.37 bits per heavy atom. The number of rotatable bonds is 6. The highest BCUT2D eigenvalue weighted by atomic mass is 35.5. The predicted molar refractivity (Wildman–Crippen MR) is 76.9 cm³/mol. The molecule has 0 N–H and O–H groups in total. The zero-order valence-electron chi connectivity index (χ0n) is 11.5. The van der Waals surface area contributed by atoms with E-state index in [9.17, 15) is 0 Å². The molecule has 0 aliphatic rings. The van der Waals surface area contributed by atoms with Crippen molar-refractivity contribution in [1.29, 1.82) is 0 Å². The van der Waals surface area contributed by atoms with Crippen molar-refractivity contribution in [2.24, 2.45) is 0 Å². The summed E-state index contributed by atoms with van der Waals surface area (Å²) in [4.78, 5) is 4.55. The molecule has 19 heavy (non-hydrogen) atoms. The maximum absolute atomic E-state index is 5.98. The first-order valence-electron chi connectivity index (χ1n) is 6.37. The van der Waals surface area contributed by atoms with Crippen molar-refractivity contribution >= 4 is 22.6 Å². The van der Waals surface area contributed by atoms with Gasteiger partial charge in [-0.15, -0.1) is 11.6 Å². The summed E-state index contributed by atoms with van der Waals surface area (Å²) in [5, 5.41) is 0. The number of alkyl halides is 1. The molecule has 0 radical (unpaired) electrons. The van der Waals surface area contributed by atoms with Gasteiger partial charge in [0.15, 0.2) is 0 Å². The van der Waals surface area contributed by atoms with E-state index in [2.05, 4.69) is 9.55 Å². The zero-order chi connectivity index (χ0) is 13.8. The van der Waals surface area contributed by atoms with Crippen LogP contribution >= 0.6 is 11.6 Å². The van der Waals surface area contributed by atoms with Crippen molar-refractivity contribution in [2.75, 3.05) is 13.7 Å². The fourth-order valence-corrected chi connectivity index (χ4v) is 2.27. The lowest BCUT2D eigenvalue weighted by atomic mass is 10.3. The fourth-order valence-electron chi connectivity index (χ4n) is 2.07. The quantitative estimate of drug-likeness (QED) is 0.764. The number of benzene rings is 1. The van der Waals surface area contributed by atoms with Crippen molar-refractivity contribution in [3.05, 3.63) is 24.0 Å². The Morgan fingerprint density at radius 3 is 2.79 bits per heavy atom. The van der Waals surface area contributed by atoms with E-state index >= 15 is 0 Å². The number of ether oxygens (including phenoxy) is 2. The molecule has 2 aromatic rings. The average Bonchev–Trinajstić information content (AvgIpc) is 2.76. The van der Waals surface area contributed by atoms with Crippen LogP contribution in [-0.4, -0.2) is 29.4 Å². The molecule has 0 saturated carbocycles. The smallest absolute Gasteiger partial charge is 0.146 e. The number of halogens is 1.